The lowest BCUT2D eigenvalue weighted by Gasteiger charge is -2.05. The van der Waals surface area contributed by atoms with Crippen molar-refractivity contribution in [3.05, 3.63) is 59.2 Å². The summed E-state index contributed by atoms with van der Waals surface area (Å²) in [6, 6.07) is 12.0. The third-order valence-corrected chi connectivity index (χ3v) is 3.97. The number of anilines is 1. The molecular weight excluding hydrogens is 329 g/mol. The molecule has 0 aliphatic carbocycles. The number of rotatable bonds is 5. The van der Waals surface area contributed by atoms with E-state index in [0.717, 1.165) is 17.3 Å². The van der Waals surface area contributed by atoms with Gasteiger partial charge in [-0.2, -0.15) is 5.10 Å². The first-order chi connectivity index (χ1) is 11.7. The zero-order valence-corrected chi connectivity index (χ0v) is 13.5. The van der Waals surface area contributed by atoms with Crippen molar-refractivity contribution < 1.29 is 14.2 Å². The highest BCUT2D eigenvalue weighted by Crippen LogP contribution is 2.30. The summed E-state index contributed by atoms with van der Waals surface area (Å²) < 4.78 is 18.4. The second kappa shape index (κ2) is 7.10. The largest absolute Gasteiger partial charge is 0.504 e. The number of hydrazone groups is 1. The predicted molar refractivity (Wildman–Crippen MR) is 93.4 cm³/mol. The summed E-state index contributed by atoms with van der Waals surface area (Å²) in [5.41, 5.74) is 4.83. The molecule has 0 amide bonds. The van der Waals surface area contributed by atoms with Crippen LogP contribution in [-0.4, -0.2) is 23.4 Å². The Kier molecular flexibility index (Phi) is 4.72. The summed E-state index contributed by atoms with van der Waals surface area (Å²) in [5, 5.41) is 16.4. The van der Waals surface area contributed by atoms with Crippen LogP contribution in [0.25, 0.3) is 11.3 Å². The van der Waals surface area contributed by atoms with E-state index in [-0.39, 0.29) is 17.1 Å². The van der Waals surface area contributed by atoms with Crippen molar-refractivity contribution in [2.24, 2.45) is 5.10 Å². The van der Waals surface area contributed by atoms with Gasteiger partial charge in [0.25, 0.3) is 0 Å². The molecule has 5 nitrogen and oxygen atoms in total. The molecule has 1 heterocycles. The molecule has 0 atom stereocenters. The second-order valence-corrected chi connectivity index (χ2v) is 5.68. The van der Waals surface area contributed by atoms with Gasteiger partial charge in [-0.05, 0) is 6.07 Å². The standard InChI is InChI=1S/C17H14FN3O2S/c1-23-15-8-13(18)7-12(16(15)22)9-19-21-17-20-14(10-24-17)11-5-3-2-4-6-11/h2-10,22H,1H3,(H,20,21). The Balaban J connectivity index is 1.74. The fourth-order valence-corrected chi connectivity index (χ4v) is 2.74. The molecule has 7 heteroatoms. The average Bonchev–Trinajstić information content (AvgIpc) is 3.07. The van der Waals surface area contributed by atoms with Gasteiger partial charge >= 0.3 is 0 Å². The van der Waals surface area contributed by atoms with Crippen LogP contribution in [-0.2, 0) is 0 Å². The SMILES string of the molecule is COc1cc(F)cc(C=NNc2nc(-c3ccccc3)cs2)c1O. The van der Waals surface area contributed by atoms with Crippen molar-refractivity contribution in [1.82, 2.24) is 4.98 Å². The lowest BCUT2D eigenvalue weighted by Crippen LogP contribution is -1.94. The molecule has 0 radical (unpaired) electrons. The quantitative estimate of drug-likeness (QED) is 0.540. The third-order valence-electron chi connectivity index (χ3n) is 3.23. The summed E-state index contributed by atoms with van der Waals surface area (Å²) in [6.45, 7) is 0. The Morgan fingerprint density at radius 2 is 2.08 bits per heavy atom. The van der Waals surface area contributed by atoms with E-state index in [2.05, 4.69) is 15.5 Å². The minimum absolute atomic E-state index is 0.0528. The van der Waals surface area contributed by atoms with E-state index in [9.17, 15) is 9.50 Å². The van der Waals surface area contributed by atoms with E-state index in [1.54, 1.807) is 0 Å². The summed E-state index contributed by atoms with van der Waals surface area (Å²) in [5.74, 6) is -0.641. The lowest BCUT2D eigenvalue weighted by molar-refractivity contribution is 0.370. The molecule has 0 aliphatic rings. The molecule has 0 fully saturated rings. The van der Waals surface area contributed by atoms with Gasteiger partial charge in [0, 0.05) is 22.6 Å². The van der Waals surface area contributed by atoms with Gasteiger partial charge in [0.1, 0.15) is 5.82 Å². The molecule has 2 N–H and O–H groups in total. The highest BCUT2D eigenvalue weighted by atomic mass is 32.1. The molecule has 122 valence electrons. The number of methoxy groups -OCH3 is 1. The van der Waals surface area contributed by atoms with E-state index in [1.165, 1.54) is 30.7 Å². The average molecular weight is 343 g/mol. The molecule has 0 aliphatic heterocycles. The van der Waals surface area contributed by atoms with E-state index in [1.807, 2.05) is 35.7 Å². The molecule has 3 rings (SSSR count). The highest BCUT2D eigenvalue weighted by Gasteiger charge is 2.09. The first kappa shape index (κ1) is 15.9. The van der Waals surface area contributed by atoms with Gasteiger partial charge in [0.05, 0.1) is 19.0 Å². The normalized spacial score (nSPS) is 10.9. The van der Waals surface area contributed by atoms with Gasteiger partial charge in [-0.15, -0.1) is 11.3 Å². The second-order valence-electron chi connectivity index (χ2n) is 4.82. The van der Waals surface area contributed by atoms with Crippen LogP contribution in [0.2, 0.25) is 0 Å². The molecule has 0 saturated carbocycles. The van der Waals surface area contributed by atoms with E-state index in [4.69, 9.17) is 4.74 Å². The number of aromatic nitrogens is 1. The number of ether oxygens (including phenoxy) is 1. The van der Waals surface area contributed by atoms with Crippen molar-refractivity contribution >= 4 is 22.7 Å². The molecule has 2 aromatic carbocycles. The number of phenolic OH excluding ortho intramolecular Hbond substituents is 1. The van der Waals surface area contributed by atoms with E-state index >= 15 is 0 Å². The van der Waals surface area contributed by atoms with Crippen LogP contribution in [0.1, 0.15) is 5.56 Å². The van der Waals surface area contributed by atoms with Crippen LogP contribution in [0.15, 0.2) is 52.9 Å². The van der Waals surface area contributed by atoms with Gasteiger partial charge in [-0.25, -0.2) is 9.37 Å². The molecule has 0 bridgehead atoms. The van der Waals surface area contributed by atoms with Crippen molar-refractivity contribution in [3.63, 3.8) is 0 Å². The first-order valence-electron chi connectivity index (χ1n) is 7.04. The van der Waals surface area contributed by atoms with Crippen molar-refractivity contribution in [1.29, 1.82) is 0 Å². The molecule has 0 spiro atoms. The summed E-state index contributed by atoms with van der Waals surface area (Å²) in [4.78, 5) is 4.42. The Morgan fingerprint density at radius 1 is 1.29 bits per heavy atom. The summed E-state index contributed by atoms with van der Waals surface area (Å²) in [7, 11) is 1.36. The number of hydrogen-bond donors (Lipinski definition) is 2. The zero-order chi connectivity index (χ0) is 16.9. The maximum absolute atomic E-state index is 13.5. The first-order valence-corrected chi connectivity index (χ1v) is 7.92. The third kappa shape index (κ3) is 3.52. The molecular formula is C17H14FN3O2S. The number of thiazole rings is 1. The predicted octanol–water partition coefficient (Wildman–Crippen LogP) is 4.11. The van der Waals surface area contributed by atoms with Crippen molar-refractivity contribution in [2.45, 2.75) is 0 Å². The Labute approximate surface area is 142 Å². The summed E-state index contributed by atoms with van der Waals surface area (Å²) >= 11 is 1.40. The van der Waals surface area contributed by atoms with Gasteiger partial charge in [0.2, 0.25) is 5.13 Å². The topological polar surface area (TPSA) is 66.7 Å². The minimum atomic E-state index is -0.522. The van der Waals surface area contributed by atoms with Crippen LogP contribution in [0, 0.1) is 5.82 Å². The van der Waals surface area contributed by atoms with E-state index in [0.29, 0.717) is 5.13 Å². The van der Waals surface area contributed by atoms with Crippen molar-refractivity contribution in [3.8, 4) is 22.8 Å². The van der Waals surface area contributed by atoms with Crippen LogP contribution in [0.3, 0.4) is 0 Å². The Hall–Kier alpha value is -2.93. The number of nitrogens with one attached hydrogen (secondary N) is 1. The highest BCUT2D eigenvalue weighted by molar-refractivity contribution is 7.14. The smallest absolute Gasteiger partial charge is 0.203 e. The lowest BCUT2D eigenvalue weighted by atomic mass is 10.2. The number of phenols is 1. The number of benzene rings is 2. The number of nitrogens with zero attached hydrogens (tertiary/aromatic N) is 2. The zero-order valence-electron chi connectivity index (χ0n) is 12.7. The number of aromatic hydroxyl groups is 1. The van der Waals surface area contributed by atoms with Gasteiger partial charge in [-0.3, -0.25) is 5.43 Å². The van der Waals surface area contributed by atoms with Crippen molar-refractivity contribution in [2.75, 3.05) is 12.5 Å². The fraction of sp³-hybridized carbons (Fsp3) is 0.0588. The van der Waals surface area contributed by atoms with Gasteiger partial charge in [0.15, 0.2) is 11.5 Å². The molecule has 1 aromatic heterocycles. The molecule has 3 aromatic rings. The maximum atomic E-state index is 13.5. The molecule has 0 saturated heterocycles. The maximum Gasteiger partial charge on any atom is 0.203 e. The fourth-order valence-electron chi connectivity index (χ4n) is 2.07. The minimum Gasteiger partial charge on any atom is -0.504 e. The van der Waals surface area contributed by atoms with Gasteiger partial charge in [-0.1, -0.05) is 30.3 Å². The van der Waals surface area contributed by atoms with Crippen LogP contribution < -0.4 is 10.2 Å². The molecule has 24 heavy (non-hydrogen) atoms. The van der Waals surface area contributed by atoms with E-state index < -0.39 is 5.82 Å². The molecule has 0 unspecified atom stereocenters. The van der Waals surface area contributed by atoms with Crippen LogP contribution >= 0.6 is 11.3 Å². The van der Waals surface area contributed by atoms with Gasteiger partial charge < -0.3 is 9.84 Å². The Morgan fingerprint density at radius 3 is 2.83 bits per heavy atom. The number of halogens is 1. The Bertz CT molecular complexity index is 866. The van der Waals surface area contributed by atoms with Crippen LogP contribution in [0.5, 0.6) is 11.5 Å². The number of hydrogen-bond acceptors (Lipinski definition) is 6. The summed E-state index contributed by atoms with van der Waals surface area (Å²) in [6.07, 6.45) is 1.31. The van der Waals surface area contributed by atoms with Crippen LogP contribution in [0.4, 0.5) is 9.52 Å². The monoisotopic (exact) mass is 343 g/mol.